The molecule has 0 atom stereocenters. The molecule has 0 aromatic heterocycles. The van der Waals surface area contributed by atoms with Gasteiger partial charge in [-0.15, -0.1) is 0 Å². The zero-order valence-electron chi connectivity index (χ0n) is 5.63. The zero-order valence-corrected chi connectivity index (χ0v) is 5.63. The summed E-state index contributed by atoms with van der Waals surface area (Å²) < 4.78 is 3.96. The Morgan fingerprint density at radius 3 is 1.89 bits per heavy atom. The molecule has 0 heterocycles. The number of hydrogen-bond donors (Lipinski definition) is 2. The minimum Gasteiger partial charge on any atom is -0.450 e. The monoisotopic (exact) mass is 136 g/mol. The van der Waals surface area contributed by atoms with Gasteiger partial charge >= 0.3 is 6.16 Å². The number of aliphatic hydroxyl groups is 1. The van der Waals surface area contributed by atoms with Gasteiger partial charge in [0.1, 0.15) is 0 Å². The van der Waals surface area contributed by atoms with Gasteiger partial charge in [0, 0.05) is 6.61 Å². The molecule has 56 valence electrons. The number of rotatable bonds is 1. The number of aliphatic hydroxyl groups excluding tert-OH is 1. The Hall–Kier alpha value is -0.770. The first kappa shape index (κ1) is 11.1. The van der Waals surface area contributed by atoms with Crippen molar-refractivity contribution in [1.29, 1.82) is 0 Å². The summed E-state index contributed by atoms with van der Waals surface area (Å²) in [5.41, 5.74) is 0. The van der Waals surface area contributed by atoms with Gasteiger partial charge in [-0.05, 0) is 13.8 Å². The fourth-order valence-corrected chi connectivity index (χ4v) is 0.123. The van der Waals surface area contributed by atoms with Gasteiger partial charge in [-0.3, -0.25) is 0 Å². The standard InChI is InChI=1S/C3H6O3.C2H6O/c1-2-6-3(4)5;1-2-3/h2H2,1H3,(H,4,5);3H,2H2,1H3. The lowest BCUT2D eigenvalue weighted by Gasteiger charge is -1.87. The van der Waals surface area contributed by atoms with E-state index in [2.05, 4.69) is 4.74 Å². The Morgan fingerprint density at radius 2 is 1.89 bits per heavy atom. The van der Waals surface area contributed by atoms with Gasteiger partial charge in [0.25, 0.3) is 0 Å². The Labute approximate surface area is 54.1 Å². The van der Waals surface area contributed by atoms with Crippen LogP contribution in [-0.2, 0) is 4.74 Å². The predicted octanol–water partition coefficient (Wildman–Crippen LogP) is 0.700. The molecule has 0 saturated carbocycles. The van der Waals surface area contributed by atoms with Crippen LogP contribution >= 0.6 is 0 Å². The van der Waals surface area contributed by atoms with E-state index in [1.54, 1.807) is 13.8 Å². The number of ether oxygens (including phenoxy) is 1. The second kappa shape index (κ2) is 10.3. The van der Waals surface area contributed by atoms with Crippen molar-refractivity contribution < 1.29 is 19.7 Å². The first-order valence-corrected chi connectivity index (χ1v) is 2.65. The van der Waals surface area contributed by atoms with Crippen molar-refractivity contribution >= 4 is 6.16 Å². The van der Waals surface area contributed by atoms with E-state index < -0.39 is 6.16 Å². The molecule has 0 amide bonds. The molecule has 0 radical (unpaired) electrons. The van der Waals surface area contributed by atoms with Crippen LogP contribution in [0.4, 0.5) is 4.79 Å². The number of hydrogen-bond acceptors (Lipinski definition) is 3. The summed E-state index contributed by atoms with van der Waals surface area (Å²) in [5.74, 6) is 0. The lowest BCUT2D eigenvalue weighted by molar-refractivity contribution is 0.0966. The molecule has 0 aliphatic carbocycles. The number of carboxylic acid groups (broad SMARTS) is 1. The molecule has 0 spiro atoms. The Kier molecular flexibility index (Phi) is 12.6. The van der Waals surface area contributed by atoms with Crippen LogP contribution in [0.1, 0.15) is 13.8 Å². The Morgan fingerprint density at radius 1 is 1.56 bits per heavy atom. The van der Waals surface area contributed by atoms with Crippen LogP contribution in [0.3, 0.4) is 0 Å². The van der Waals surface area contributed by atoms with Crippen LogP contribution in [0.2, 0.25) is 0 Å². The van der Waals surface area contributed by atoms with Crippen molar-refractivity contribution in [2.24, 2.45) is 0 Å². The molecule has 0 aliphatic heterocycles. The van der Waals surface area contributed by atoms with Gasteiger partial charge < -0.3 is 14.9 Å². The van der Waals surface area contributed by atoms with Crippen LogP contribution in [0.5, 0.6) is 0 Å². The average Bonchev–Trinajstić information content (AvgIpc) is 1.67. The van der Waals surface area contributed by atoms with Crippen molar-refractivity contribution in [3.05, 3.63) is 0 Å². The smallest absolute Gasteiger partial charge is 0.450 e. The van der Waals surface area contributed by atoms with E-state index in [0.717, 1.165) is 0 Å². The third kappa shape index (κ3) is 39.8. The first-order chi connectivity index (χ1) is 4.18. The maximum Gasteiger partial charge on any atom is 0.505 e. The third-order valence-corrected chi connectivity index (χ3v) is 0.268. The topological polar surface area (TPSA) is 66.8 Å². The first-order valence-electron chi connectivity index (χ1n) is 2.65. The second-order valence-electron chi connectivity index (χ2n) is 1.02. The summed E-state index contributed by atoms with van der Waals surface area (Å²) >= 11 is 0. The molecule has 9 heavy (non-hydrogen) atoms. The highest BCUT2D eigenvalue weighted by Gasteiger charge is 1.86. The summed E-state index contributed by atoms with van der Waals surface area (Å²) in [6.07, 6.45) is -1.21. The maximum atomic E-state index is 9.38. The molecule has 2 N–H and O–H groups in total. The van der Waals surface area contributed by atoms with E-state index in [1.165, 1.54) is 0 Å². The summed E-state index contributed by atoms with van der Waals surface area (Å²) in [6, 6.07) is 0. The van der Waals surface area contributed by atoms with Crippen molar-refractivity contribution in [2.45, 2.75) is 13.8 Å². The van der Waals surface area contributed by atoms with Gasteiger partial charge in [0.2, 0.25) is 0 Å². The molecule has 0 aliphatic rings. The quantitative estimate of drug-likeness (QED) is 0.521. The molecular formula is C5H12O4. The van der Waals surface area contributed by atoms with Crippen LogP contribution in [0.15, 0.2) is 0 Å². The van der Waals surface area contributed by atoms with Crippen molar-refractivity contribution in [2.75, 3.05) is 13.2 Å². The third-order valence-electron chi connectivity index (χ3n) is 0.268. The molecular weight excluding hydrogens is 124 g/mol. The van der Waals surface area contributed by atoms with Crippen molar-refractivity contribution in [3.63, 3.8) is 0 Å². The van der Waals surface area contributed by atoms with Crippen molar-refractivity contribution in [3.8, 4) is 0 Å². The molecule has 4 nitrogen and oxygen atoms in total. The van der Waals surface area contributed by atoms with Crippen LogP contribution in [-0.4, -0.2) is 29.6 Å². The summed E-state index contributed by atoms with van der Waals surface area (Å²) in [7, 11) is 0. The van der Waals surface area contributed by atoms with Crippen LogP contribution in [0, 0.1) is 0 Å². The van der Waals surface area contributed by atoms with E-state index >= 15 is 0 Å². The zero-order chi connectivity index (χ0) is 7.70. The average molecular weight is 136 g/mol. The molecule has 4 heteroatoms. The lowest BCUT2D eigenvalue weighted by atomic mass is 10.9. The maximum absolute atomic E-state index is 9.38. The molecule has 0 rings (SSSR count). The van der Waals surface area contributed by atoms with E-state index in [0.29, 0.717) is 0 Å². The molecule has 0 aromatic carbocycles. The molecule has 0 saturated heterocycles. The van der Waals surface area contributed by atoms with E-state index in [-0.39, 0.29) is 13.2 Å². The minimum atomic E-state index is -1.21. The van der Waals surface area contributed by atoms with Crippen LogP contribution in [0.25, 0.3) is 0 Å². The van der Waals surface area contributed by atoms with Gasteiger partial charge in [-0.1, -0.05) is 0 Å². The van der Waals surface area contributed by atoms with Gasteiger partial charge in [-0.2, -0.15) is 0 Å². The van der Waals surface area contributed by atoms with E-state index in [9.17, 15) is 4.79 Å². The van der Waals surface area contributed by atoms with Gasteiger partial charge in [0.15, 0.2) is 0 Å². The molecule has 0 unspecified atom stereocenters. The van der Waals surface area contributed by atoms with Gasteiger partial charge in [0.05, 0.1) is 6.61 Å². The number of carbonyl (C=O) groups is 1. The second-order valence-corrected chi connectivity index (χ2v) is 1.02. The molecule has 0 aromatic rings. The van der Waals surface area contributed by atoms with Crippen LogP contribution < -0.4 is 0 Å². The fourth-order valence-electron chi connectivity index (χ4n) is 0.123. The van der Waals surface area contributed by atoms with Crippen molar-refractivity contribution in [1.82, 2.24) is 0 Å². The summed E-state index contributed by atoms with van der Waals surface area (Å²) in [5, 5.41) is 15.3. The minimum absolute atomic E-state index is 0.231. The summed E-state index contributed by atoms with van der Waals surface area (Å²) in [4.78, 5) is 9.38. The molecule has 0 bridgehead atoms. The highest BCUT2D eigenvalue weighted by atomic mass is 16.7. The fraction of sp³-hybridized carbons (Fsp3) is 0.800. The van der Waals surface area contributed by atoms with E-state index in [4.69, 9.17) is 10.2 Å². The Balaban J connectivity index is 0. The largest absolute Gasteiger partial charge is 0.505 e. The predicted molar refractivity (Wildman–Crippen MR) is 32.4 cm³/mol. The molecule has 0 fully saturated rings. The summed E-state index contributed by atoms with van der Waals surface area (Å²) in [6.45, 7) is 3.78. The van der Waals surface area contributed by atoms with E-state index in [1.807, 2.05) is 0 Å². The van der Waals surface area contributed by atoms with Gasteiger partial charge in [-0.25, -0.2) is 4.79 Å². The SMILES string of the molecule is CCO.CCOC(=O)O. The highest BCUT2D eigenvalue weighted by molar-refractivity contribution is 5.56. The normalized spacial score (nSPS) is 7.00. The highest BCUT2D eigenvalue weighted by Crippen LogP contribution is 1.69. The lowest BCUT2D eigenvalue weighted by Crippen LogP contribution is -1.97. The Bertz CT molecular complexity index is 62.0.